The molecule has 1 heterocycles. The van der Waals surface area contributed by atoms with Crippen LogP contribution in [0.3, 0.4) is 0 Å². The molecule has 1 aliphatic heterocycles. The summed E-state index contributed by atoms with van der Waals surface area (Å²) in [6, 6.07) is 0.359. The van der Waals surface area contributed by atoms with E-state index in [9.17, 15) is 9.59 Å². The van der Waals surface area contributed by atoms with Crippen LogP contribution >= 0.6 is 0 Å². The van der Waals surface area contributed by atoms with E-state index < -0.39 is 0 Å². The highest BCUT2D eigenvalue weighted by Gasteiger charge is 2.17. The summed E-state index contributed by atoms with van der Waals surface area (Å²) in [5.41, 5.74) is 0. The highest BCUT2D eigenvalue weighted by atomic mass is 16.5. The summed E-state index contributed by atoms with van der Waals surface area (Å²) >= 11 is 0. The summed E-state index contributed by atoms with van der Waals surface area (Å²) in [5, 5.41) is 5.75. The molecule has 0 spiro atoms. The van der Waals surface area contributed by atoms with Crippen LogP contribution in [-0.4, -0.2) is 62.1 Å². The fourth-order valence-electron chi connectivity index (χ4n) is 2.35. The molecule has 1 fully saturated rings. The first-order valence-electron chi connectivity index (χ1n) is 7.92. The van der Waals surface area contributed by atoms with E-state index in [4.69, 9.17) is 4.74 Å². The van der Waals surface area contributed by atoms with Gasteiger partial charge in [-0.3, -0.25) is 14.5 Å². The van der Waals surface area contributed by atoms with Crippen LogP contribution < -0.4 is 10.6 Å². The van der Waals surface area contributed by atoms with Gasteiger partial charge >= 0.3 is 0 Å². The monoisotopic (exact) mass is 299 g/mol. The van der Waals surface area contributed by atoms with Crippen molar-refractivity contribution in [3.63, 3.8) is 0 Å². The first-order chi connectivity index (χ1) is 10.1. The predicted octanol–water partition coefficient (Wildman–Crippen LogP) is 0.520. The Morgan fingerprint density at radius 3 is 2.52 bits per heavy atom. The molecule has 2 N–H and O–H groups in total. The van der Waals surface area contributed by atoms with Gasteiger partial charge in [0.1, 0.15) is 0 Å². The zero-order valence-electron chi connectivity index (χ0n) is 13.3. The summed E-state index contributed by atoms with van der Waals surface area (Å²) < 4.78 is 5.32. The minimum atomic E-state index is 0.00448. The molecule has 1 saturated heterocycles. The number of nitrogens with one attached hydrogen (secondary N) is 2. The van der Waals surface area contributed by atoms with Crippen LogP contribution in [0.4, 0.5) is 0 Å². The summed E-state index contributed by atoms with van der Waals surface area (Å²) in [7, 11) is 0. The molecule has 2 amide bonds. The molecule has 0 saturated carbocycles. The second-order valence-electron chi connectivity index (χ2n) is 5.60. The number of unbranched alkanes of at least 4 members (excludes halogenated alkanes) is 2. The van der Waals surface area contributed by atoms with Crippen LogP contribution in [-0.2, 0) is 14.3 Å². The summed E-state index contributed by atoms with van der Waals surface area (Å²) in [5.74, 6) is 0.125. The van der Waals surface area contributed by atoms with Crippen LogP contribution in [0.25, 0.3) is 0 Å². The van der Waals surface area contributed by atoms with E-state index >= 15 is 0 Å². The van der Waals surface area contributed by atoms with E-state index in [1.165, 1.54) is 6.92 Å². The normalized spacial score (nSPS) is 17.2. The number of hydrogen-bond acceptors (Lipinski definition) is 4. The third-order valence-electron chi connectivity index (χ3n) is 3.72. The van der Waals surface area contributed by atoms with Crippen molar-refractivity contribution in [1.29, 1.82) is 0 Å². The number of morpholine rings is 1. The highest BCUT2D eigenvalue weighted by Crippen LogP contribution is 2.03. The van der Waals surface area contributed by atoms with Gasteiger partial charge in [-0.25, -0.2) is 0 Å². The van der Waals surface area contributed by atoms with Crippen molar-refractivity contribution >= 4 is 11.8 Å². The third kappa shape index (κ3) is 8.67. The van der Waals surface area contributed by atoms with Crippen LogP contribution in [0.5, 0.6) is 0 Å². The van der Waals surface area contributed by atoms with Crippen molar-refractivity contribution < 1.29 is 14.3 Å². The SMILES string of the molecule is CC(=O)NCCCCCC(=O)NCC(C)N1CCOCC1. The number of nitrogens with zero attached hydrogens (tertiary/aromatic N) is 1. The molecule has 0 bridgehead atoms. The maximum Gasteiger partial charge on any atom is 0.220 e. The number of hydrogen-bond donors (Lipinski definition) is 2. The van der Waals surface area contributed by atoms with Gasteiger partial charge in [0.05, 0.1) is 13.2 Å². The van der Waals surface area contributed by atoms with Crippen LogP contribution in [0.15, 0.2) is 0 Å². The van der Waals surface area contributed by atoms with Crippen LogP contribution in [0, 0.1) is 0 Å². The van der Waals surface area contributed by atoms with E-state index in [1.54, 1.807) is 0 Å². The Kier molecular flexibility index (Phi) is 9.01. The molecular weight excluding hydrogens is 270 g/mol. The smallest absolute Gasteiger partial charge is 0.220 e. The Labute approximate surface area is 127 Å². The topological polar surface area (TPSA) is 70.7 Å². The molecular formula is C15H29N3O3. The van der Waals surface area contributed by atoms with Gasteiger partial charge in [-0.1, -0.05) is 6.42 Å². The molecule has 1 rings (SSSR count). The maximum atomic E-state index is 11.7. The molecule has 0 aromatic heterocycles. The molecule has 21 heavy (non-hydrogen) atoms. The van der Waals surface area contributed by atoms with E-state index in [-0.39, 0.29) is 11.8 Å². The molecule has 0 radical (unpaired) electrons. The minimum absolute atomic E-state index is 0.00448. The number of rotatable bonds is 9. The lowest BCUT2D eigenvalue weighted by atomic mass is 10.2. The quantitative estimate of drug-likeness (QED) is 0.609. The molecule has 122 valence electrons. The molecule has 1 aliphatic rings. The zero-order valence-corrected chi connectivity index (χ0v) is 13.3. The Balaban J connectivity index is 1.99. The van der Waals surface area contributed by atoms with Gasteiger partial charge in [-0.2, -0.15) is 0 Å². The molecule has 1 unspecified atom stereocenters. The third-order valence-corrected chi connectivity index (χ3v) is 3.72. The van der Waals surface area contributed by atoms with Crippen molar-refractivity contribution in [2.75, 3.05) is 39.4 Å². The molecule has 6 nitrogen and oxygen atoms in total. The van der Waals surface area contributed by atoms with Crippen molar-refractivity contribution in [2.24, 2.45) is 0 Å². The Morgan fingerprint density at radius 1 is 1.14 bits per heavy atom. The lowest BCUT2D eigenvalue weighted by molar-refractivity contribution is -0.121. The molecule has 0 aromatic rings. The Bertz CT molecular complexity index is 317. The van der Waals surface area contributed by atoms with Gasteiger partial charge in [-0.15, -0.1) is 0 Å². The van der Waals surface area contributed by atoms with E-state index in [0.29, 0.717) is 25.6 Å². The maximum absolute atomic E-state index is 11.7. The highest BCUT2D eigenvalue weighted by molar-refractivity contribution is 5.75. The summed E-state index contributed by atoms with van der Waals surface area (Å²) in [4.78, 5) is 24.8. The Morgan fingerprint density at radius 2 is 1.86 bits per heavy atom. The zero-order chi connectivity index (χ0) is 15.5. The fraction of sp³-hybridized carbons (Fsp3) is 0.867. The first-order valence-corrected chi connectivity index (χ1v) is 7.92. The lowest BCUT2D eigenvalue weighted by Gasteiger charge is -2.32. The van der Waals surface area contributed by atoms with Gasteiger partial charge in [0.2, 0.25) is 11.8 Å². The average Bonchev–Trinajstić information content (AvgIpc) is 2.49. The average molecular weight is 299 g/mol. The largest absolute Gasteiger partial charge is 0.379 e. The van der Waals surface area contributed by atoms with Crippen molar-refractivity contribution in [1.82, 2.24) is 15.5 Å². The Hall–Kier alpha value is -1.14. The summed E-state index contributed by atoms with van der Waals surface area (Å²) in [6.07, 6.45) is 3.33. The standard InChI is InChI=1S/C15H29N3O3/c1-13(18-8-10-21-11-9-18)12-17-15(20)6-4-3-5-7-16-14(2)19/h13H,3-12H2,1-2H3,(H,16,19)(H,17,20). The number of ether oxygens (including phenoxy) is 1. The second kappa shape index (κ2) is 10.6. The van der Waals surface area contributed by atoms with Crippen molar-refractivity contribution in [2.45, 2.75) is 45.6 Å². The minimum Gasteiger partial charge on any atom is -0.379 e. The van der Waals surface area contributed by atoms with Gasteiger partial charge in [0, 0.05) is 45.6 Å². The van der Waals surface area contributed by atoms with Gasteiger partial charge < -0.3 is 15.4 Å². The second-order valence-corrected chi connectivity index (χ2v) is 5.60. The molecule has 6 heteroatoms. The number of amides is 2. The van der Waals surface area contributed by atoms with Gasteiger partial charge in [0.25, 0.3) is 0 Å². The van der Waals surface area contributed by atoms with E-state index in [2.05, 4.69) is 22.5 Å². The lowest BCUT2D eigenvalue weighted by Crippen LogP contribution is -2.47. The van der Waals surface area contributed by atoms with Crippen LogP contribution in [0.2, 0.25) is 0 Å². The number of carbonyl (C=O) groups excluding carboxylic acids is 2. The number of carbonyl (C=O) groups is 2. The van der Waals surface area contributed by atoms with E-state index in [1.807, 2.05) is 0 Å². The van der Waals surface area contributed by atoms with Gasteiger partial charge in [0.15, 0.2) is 0 Å². The van der Waals surface area contributed by atoms with Crippen molar-refractivity contribution in [3.05, 3.63) is 0 Å². The molecule has 1 atom stereocenters. The first kappa shape index (κ1) is 17.9. The molecule has 0 aliphatic carbocycles. The van der Waals surface area contributed by atoms with Gasteiger partial charge in [-0.05, 0) is 19.8 Å². The van der Waals surface area contributed by atoms with Crippen LogP contribution in [0.1, 0.15) is 39.5 Å². The summed E-state index contributed by atoms with van der Waals surface area (Å²) in [6.45, 7) is 8.51. The van der Waals surface area contributed by atoms with E-state index in [0.717, 1.165) is 45.6 Å². The molecule has 0 aromatic carbocycles. The predicted molar refractivity (Wildman–Crippen MR) is 82.0 cm³/mol. The van der Waals surface area contributed by atoms with Crippen molar-refractivity contribution in [3.8, 4) is 0 Å². The fourth-order valence-corrected chi connectivity index (χ4v) is 2.35.